The first-order valence-electron chi connectivity index (χ1n) is 5.62. The monoisotopic (exact) mass is 188 g/mol. The topological polar surface area (TPSA) is 0 Å². The fourth-order valence-electron chi connectivity index (χ4n) is 1.41. The molecular weight excluding hydrogens is 168 g/mol. The van der Waals surface area contributed by atoms with Crippen molar-refractivity contribution in [3.63, 3.8) is 0 Å². The Morgan fingerprint density at radius 3 is 2.07 bits per heavy atom. The molecule has 0 aliphatic heterocycles. The van der Waals surface area contributed by atoms with Crippen LogP contribution in [-0.4, -0.2) is 0 Å². The lowest BCUT2D eigenvalue weighted by molar-refractivity contribution is 0.862. The van der Waals surface area contributed by atoms with Crippen LogP contribution in [-0.2, 0) is 0 Å². The van der Waals surface area contributed by atoms with Crippen molar-refractivity contribution in [3.05, 3.63) is 48.6 Å². The van der Waals surface area contributed by atoms with Crippen LogP contribution >= 0.6 is 0 Å². The normalized spacial score (nSPS) is 24.0. The van der Waals surface area contributed by atoms with Gasteiger partial charge < -0.3 is 0 Å². The Balaban J connectivity index is 2.34. The average Bonchev–Trinajstić information content (AvgIpc) is 2.22. The van der Waals surface area contributed by atoms with Crippen molar-refractivity contribution in [2.75, 3.05) is 0 Å². The number of hydrogen-bond acceptors (Lipinski definition) is 0. The van der Waals surface area contributed by atoms with E-state index in [2.05, 4.69) is 48.6 Å². The maximum Gasteiger partial charge on any atom is -0.0166 e. The standard InChI is InChI=1S/C14H20/c1-2-4-6-8-10-12-14-13-11-9-7-5-3-1/h1-4,7,9,12,14H,5-6,8,10-11,13H2/b3-1?,4-2?,9-7-,14-12+. The first-order valence-corrected chi connectivity index (χ1v) is 5.62. The predicted octanol–water partition coefficient (Wildman–Crippen LogP) is 4.57. The molecule has 0 heterocycles. The van der Waals surface area contributed by atoms with Crippen molar-refractivity contribution in [1.29, 1.82) is 0 Å². The molecule has 1 rings (SSSR count). The maximum atomic E-state index is 2.31. The third-order valence-corrected chi connectivity index (χ3v) is 2.23. The molecule has 14 heavy (non-hydrogen) atoms. The third kappa shape index (κ3) is 6.47. The lowest BCUT2D eigenvalue weighted by Crippen LogP contribution is -1.71. The van der Waals surface area contributed by atoms with Gasteiger partial charge in [0.1, 0.15) is 0 Å². The molecule has 0 saturated heterocycles. The van der Waals surface area contributed by atoms with Crippen LogP contribution in [0.3, 0.4) is 0 Å². The highest BCUT2D eigenvalue weighted by atomic mass is 13.9. The van der Waals surface area contributed by atoms with Gasteiger partial charge in [0.2, 0.25) is 0 Å². The minimum absolute atomic E-state index is 1.06. The highest BCUT2D eigenvalue weighted by molar-refractivity contribution is 5.05. The molecule has 0 saturated carbocycles. The van der Waals surface area contributed by atoms with Gasteiger partial charge in [0, 0.05) is 0 Å². The van der Waals surface area contributed by atoms with Gasteiger partial charge in [0.25, 0.3) is 0 Å². The van der Waals surface area contributed by atoms with E-state index in [4.69, 9.17) is 0 Å². The molecule has 1 aliphatic rings. The molecule has 0 unspecified atom stereocenters. The number of allylic oxidation sites excluding steroid dienone is 8. The molecule has 0 N–H and O–H groups in total. The molecule has 1 aliphatic carbocycles. The van der Waals surface area contributed by atoms with E-state index in [0.29, 0.717) is 0 Å². The summed E-state index contributed by atoms with van der Waals surface area (Å²) >= 11 is 0. The van der Waals surface area contributed by atoms with Gasteiger partial charge in [-0.2, -0.15) is 0 Å². The van der Waals surface area contributed by atoms with Crippen LogP contribution in [0.25, 0.3) is 0 Å². The van der Waals surface area contributed by atoms with Crippen molar-refractivity contribution < 1.29 is 0 Å². The Hall–Kier alpha value is -1.04. The Morgan fingerprint density at radius 2 is 1.14 bits per heavy atom. The second-order valence-electron chi connectivity index (χ2n) is 3.54. The van der Waals surface area contributed by atoms with E-state index in [1.165, 1.54) is 32.1 Å². The van der Waals surface area contributed by atoms with Crippen molar-refractivity contribution in [2.45, 2.75) is 38.5 Å². The van der Waals surface area contributed by atoms with E-state index < -0.39 is 0 Å². The molecule has 0 fully saturated rings. The molecule has 0 bridgehead atoms. The Morgan fingerprint density at radius 1 is 0.500 bits per heavy atom. The summed E-state index contributed by atoms with van der Waals surface area (Å²) in [5, 5.41) is 0. The Bertz CT molecular complexity index is 228. The lowest BCUT2D eigenvalue weighted by atomic mass is 10.2. The molecule has 0 aromatic heterocycles. The van der Waals surface area contributed by atoms with E-state index in [1.54, 1.807) is 0 Å². The van der Waals surface area contributed by atoms with Crippen LogP contribution in [0.2, 0.25) is 0 Å². The second-order valence-corrected chi connectivity index (χ2v) is 3.54. The largest absolute Gasteiger partial charge is 0.0885 e. The highest BCUT2D eigenvalue weighted by Crippen LogP contribution is 2.02. The predicted molar refractivity (Wildman–Crippen MR) is 64.3 cm³/mol. The summed E-state index contributed by atoms with van der Waals surface area (Å²) in [4.78, 5) is 0. The van der Waals surface area contributed by atoms with E-state index in [9.17, 15) is 0 Å². The molecule has 0 radical (unpaired) electrons. The van der Waals surface area contributed by atoms with Gasteiger partial charge >= 0.3 is 0 Å². The zero-order valence-electron chi connectivity index (χ0n) is 8.86. The average molecular weight is 188 g/mol. The minimum Gasteiger partial charge on any atom is -0.0885 e. The molecule has 0 atom stereocenters. The van der Waals surface area contributed by atoms with Gasteiger partial charge in [-0.25, -0.2) is 0 Å². The minimum atomic E-state index is 1.06. The van der Waals surface area contributed by atoms with Crippen LogP contribution in [0.15, 0.2) is 48.6 Å². The zero-order chi connectivity index (χ0) is 9.90. The maximum absolute atomic E-state index is 2.31. The van der Waals surface area contributed by atoms with E-state index in [0.717, 1.165) is 6.42 Å². The van der Waals surface area contributed by atoms with Crippen molar-refractivity contribution in [3.8, 4) is 0 Å². The Kier molecular flexibility index (Phi) is 6.74. The van der Waals surface area contributed by atoms with Crippen LogP contribution < -0.4 is 0 Å². The van der Waals surface area contributed by atoms with Crippen molar-refractivity contribution in [1.82, 2.24) is 0 Å². The zero-order valence-corrected chi connectivity index (χ0v) is 8.86. The lowest BCUT2D eigenvalue weighted by Gasteiger charge is -1.91. The summed E-state index contributed by atoms with van der Waals surface area (Å²) in [5.74, 6) is 0. The Labute approximate surface area is 87.7 Å². The fourth-order valence-corrected chi connectivity index (χ4v) is 1.41. The van der Waals surface area contributed by atoms with Gasteiger partial charge in [0.15, 0.2) is 0 Å². The number of hydrogen-bond donors (Lipinski definition) is 0. The molecule has 0 aromatic carbocycles. The summed E-state index contributed by atoms with van der Waals surface area (Å²) in [5.41, 5.74) is 0. The van der Waals surface area contributed by atoms with Gasteiger partial charge in [-0.05, 0) is 38.5 Å². The van der Waals surface area contributed by atoms with Crippen molar-refractivity contribution >= 4 is 0 Å². The van der Waals surface area contributed by atoms with Gasteiger partial charge in [0.05, 0.1) is 0 Å². The summed E-state index contributed by atoms with van der Waals surface area (Å²) < 4.78 is 0. The first-order chi connectivity index (χ1) is 7.00. The first kappa shape index (κ1) is 11.0. The van der Waals surface area contributed by atoms with Crippen LogP contribution in [0.5, 0.6) is 0 Å². The molecule has 76 valence electrons. The van der Waals surface area contributed by atoms with Crippen molar-refractivity contribution in [2.24, 2.45) is 0 Å². The molecule has 0 aromatic rings. The second kappa shape index (κ2) is 8.55. The summed E-state index contributed by atoms with van der Waals surface area (Å²) in [6.45, 7) is 0. The molecular formula is C14H20. The van der Waals surface area contributed by atoms with Crippen LogP contribution in [0.4, 0.5) is 0 Å². The van der Waals surface area contributed by atoms with Crippen LogP contribution in [0, 0.1) is 0 Å². The highest BCUT2D eigenvalue weighted by Gasteiger charge is 1.81. The smallest absolute Gasteiger partial charge is 0.0166 e. The molecule has 0 spiro atoms. The number of rotatable bonds is 0. The SMILES string of the molecule is C1=CC/C=C\CC/C=C/CCCC=C1. The summed E-state index contributed by atoms with van der Waals surface area (Å²) in [6.07, 6.45) is 25.0. The van der Waals surface area contributed by atoms with Gasteiger partial charge in [-0.1, -0.05) is 48.6 Å². The quantitative estimate of drug-likeness (QED) is 0.489. The summed E-state index contributed by atoms with van der Waals surface area (Å²) in [6, 6.07) is 0. The van der Waals surface area contributed by atoms with Crippen LogP contribution in [0.1, 0.15) is 38.5 Å². The van der Waals surface area contributed by atoms with E-state index in [-0.39, 0.29) is 0 Å². The molecule has 0 amide bonds. The van der Waals surface area contributed by atoms with E-state index in [1.807, 2.05) is 0 Å². The van der Waals surface area contributed by atoms with Gasteiger partial charge in [-0.15, -0.1) is 0 Å². The molecule has 0 heteroatoms. The van der Waals surface area contributed by atoms with E-state index >= 15 is 0 Å². The van der Waals surface area contributed by atoms with Gasteiger partial charge in [-0.3, -0.25) is 0 Å². The third-order valence-electron chi connectivity index (χ3n) is 2.23. The fraction of sp³-hybridized carbons (Fsp3) is 0.429. The molecule has 0 nitrogen and oxygen atoms in total. The summed E-state index contributed by atoms with van der Waals surface area (Å²) in [7, 11) is 0.